The number of allylic oxidation sites excluding steroid dienone is 1. The second-order valence-corrected chi connectivity index (χ2v) is 4.44. The average molecular weight is 284 g/mol. The maximum atomic E-state index is 12.8. The summed E-state index contributed by atoms with van der Waals surface area (Å²) in [6, 6.07) is 0. The van der Waals surface area contributed by atoms with Crippen LogP contribution in [0.15, 0.2) is 12.2 Å². The third kappa shape index (κ3) is 4.05. The molecular formula is C6H7BrClF3S. The highest BCUT2D eigenvalue weighted by molar-refractivity contribution is 9.10. The zero-order valence-corrected chi connectivity index (χ0v) is 9.32. The van der Waals surface area contributed by atoms with Gasteiger partial charge in [0, 0.05) is 5.75 Å². The van der Waals surface area contributed by atoms with Gasteiger partial charge in [-0.2, -0.15) is 20.5 Å². The first-order valence-electron chi connectivity index (χ1n) is 2.92. The van der Waals surface area contributed by atoms with Crippen LogP contribution in [0.25, 0.3) is 0 Å². The lowest BCUT2D eigenvalue weighted by Crippen LogP contribution is -2.31. The van der Waals surface area contributed by atoms with Crippen LogP contribution < -0.4 is 0 Å². The minimum Gasteiger partial charge on any atom is -0.214 e. The summed E-state index contributed by atoms with van der Waals surface area (Å²) in [6.07, 6.45) is 3.66. The summed E-state index contributed by atoms with van der Waals surface area (Å²) in [6.45, 7) is 0. The Morgan fingerprint density at radius 3 is 2.33 bits per heavy atom. The van der Waals surface area contributed by atoms with Crippen LogP contribution in [0.4, 0.5) is 13.2 Å². The van der Waals surface area contributed by atoms with Crippen LogP contribution in [0.3, 0.4) is 0 Å². The quantitative estimate of drug-likeness (QED) is 0.559. The molecule has 0 fully saturated rings. The lowest BCUT2D eigenvalue weighted by molar-refractivity contribution is 0.0218. The number of halogens is 5. The van der Waals surface area contributed by atoms with E-state index in [-0.39, 0.29) is 0 Å². The van der Waals surface area contributed by atoms with Crippen LogP contribution in [0.1, 0.15) is 0 Å². The van der Waals surface area contributed by atoms with Crippen LogP contribution in [0.5, 0.6) is 0 Å². The highest BCUT2D eigenvalue weighted by atomic mass is 79.9. The molecule has 0 aliphatic rings. The van der Waals surface area contributed by atoms with Gasteiger partial charge in [-0.3, -0.25) is 0 Å². The Bertz CT molecular complexity index is 167. The van der Waals surface area contributed by atoms with Crippen molar-refractivity contribution >= 4 is 39.3 Å². The second kappa shape index (κ2) is 4.77. The van der Waals surface area contributed by atoms with Crippen molar-refractivity contribution < 1.29 is 13.2 Å². The van der Waals surface area contributed by atoms with Gasteiger partial charge in [0.25, 0.3) is 5.13 Å². The predicted octanol–water partition coefficient (Wildman–Crippen LogP) is 3.80. The fourth-order valence-corrected chi connectivity index (χ4v) is 0.897. The summed E-state index contributed by atoms with van der Waals surface area (Å²) in [4.78, 5) is -3.74. The number of hydrogen-bond acceptors (Lipinski definition) is 1. The van der Waals surface area contributed by atoms with Crippen molar-refractivity contribution in [1.29, 1.82) is 0 Å². The number of alkyl halides is 5. The van der Waals surface area contributed by atoms with E-state index in [0.29, 0.717) is 11.8 Å². The Hall–Kier alpha value is 0.650. The summed E-state index contributed by atoms with van der Waals surface area (Å²) in [5, 5.41) is -3.15. The molecule has 0 nitrogen and oxygen atoms in total. The van der Waals surface area contributed by atoms with Crippen LogP contribution >= 0.6 is 39.3 Å². The average Bonchev–Trinajstić information content (AvgIpc) is 1.85. The highest BCUT2D eigenvalue weighted by Gasteiger charge is 2.49. The van der Waals surface area contributed by atoms with Crippen molar-refractivity contribution in [2.24, 2.45) is 0 Å². The highest BCUT2D eigenvalue weighted by Crippen LogP contribution is 2.42. The lowest BCUT2D eigenvalue weighted by Gasteiger charge is -2.18. The zero-order chi connectivity index (χ0) is 9.83. The molecule has 0 radical (unpaired) electrons. The van der Waals surface area contributed by atoms with Gasteiger partial charge in [-0.05, 0) is 28.3 Å². The van der Waals surface area contributed by atoms with Gasteiger partial charge in [0.15, 0.2) is 0 Å². The van der Waals surface area contributed by atoms with Gasteiger partial charge in [0.2, 0.25) is 0 Å². The van der Waals surface area contributed by atoms with E-state index in [1.807, 2.05) is 15.9 Å². The standard InChI is InChI=1S/C6H7BrClF3S/c1-12-4-2-3-5(8,9)6(7,10)11/h2-3H,4H2,1H3. The second-order valence-electron chi connectivity index (χ2n) is 1.98. The molecule has 0 aliphatic carbocycles. The maximum absolute atomic E-state index is 12.8. The third-order valence-electron chi connectivity index (χ3n) is 0.968. The fourth-order valence-electron chi connectivity index (χ4n) is 0.387. The van der Waals surface area contributed by atoms with E-state index in [0.717, 1.165) is 0 Å². The molecule has 12 heavy (non-hydrogen) atoms. The van der Waals surface area contributed by atoms with Crippen molar-refractivity contribution in [3.63, 3.8) is 0 Å². The molecule has 0 saturated heterocycles. The largest absolute Gasteiger partial charge is 0.352 e. The topological polar surface area (TPSA) is 0 Å². The van der Waals surface area contributed by atoms with Gasteiger partial charge in [0.05, 0.1) is 0 Å². The molecular weight excluding hydrogens is 276 g/mol. The van der Waals surface area contributed by atoms with Gasteiger partial charge in [-0.25, -0.2) is 4.39 Å². The van der Waals surface area contributed by atoms with Crippen molar-refractivity contribution in [1.82, 2.24) is 0 Å². The SMILES string of the molecule is CSCC=CC(F)(Cl)C(F)(F)Br. The van der Waals surface area contributed by atoms with Crippen molar-refractivity contribution in [2.75, 3.05) is 12.0 Å². The Labute approximate surface area is 86.7 Å². The fraction of sp³-hybridized carbons (Fsp3) is 0.667. The molecule has 0 N–H and O–H groups in total. The van der Waals surface area contributed by atoms with Crippen molar-refractivity contribution in [2.45, 2.75) is 9.96 Å². The van der Waals surface area contributed by atoms with Crippen LogP contribution in [0.2, 0.25) is 0 Å². The van der Waals surface area contributed by atoms with E-state index in [2.05, 4.69) is 0 Å². The normalized spacial score (nSPS) is 18.2. The summed E-state index contributed by atoms with van der Waals surface area (Å²) >= 11 is 8.12. The molecule has 72 valence electrons. The molecule has 0 heterocycles. The molecule has 0 aromatic heterocycles. The summed E-state index contributed by atoms with van der Waals surface area (Å²) in [5.74, 6) is 0.446. The summed E-state index contributed by atoms with van der Waals surface area (Å²) < 4.78 is 37.4. The van der Waals surface area contributed by atoms with Gasteiger partial charge in [-0.1, -0.05) is 17.7 Å². The number of hydrogen-bond donors (Lipinski definition) is 0. The van der Waals surface area contributed by atoms with Gasteiger partial charge in [-0.15, -0.1) is 0 Å². The zero-order valence-electron chi connectivity index (χ0n) is 6.16. The molecule has 0 aromatic rings. The van der Waals surface area contributed by atoms with Crippen LogP contribution in [0, 0.1) is 0 Å². The van der Waals surface area contributed by atoms with E-state index in [9.17, 15) is 13.2 Å². The lowest BCUT2D eigenvalue weighted by atomic mass is 10.3. The summed E-state index contributed by atoms with van der Waals surface area (Å²) in [5.41, 5.74) is 0. The maximum Gasteiger partial charge on any atom is 0.352 e. The van der Waals surface area contributed by atoms with E-state index >= 15 is 0 Å². The van der Waals surface area contributed by atoms with E-state index in [1.165, 1.54) is 17.8 Å². The van der Waals surface area contributed by atoms with E-state index in [1.54, 1.807) is 6.26 Å². The van der Waals surface area contributed by atoms with Gasteiger partial charge in [0.1, 0.15) is 0 Å². The number of thioether (sulfide) groups is 1. The monoisotopic (exact) mass is 282 g/mol. The minimum absolute atomic E-state index is 0.446. The van der Waals surface area contributed by atoms with Gasteiger partial charge < -0.3 is 0 Å². The molecule has 0 spiro atoms. The van der Waals surface area contributed by atoms with E-state index < -0.39 is 9.96 Å². The van der Waals surface area contributed by atoms with Gasteiger partial charge >= 0.3 is 4.83 Å². The molecule has 1 atom stereocenters. The molecule has 0 saturated carbocycles. The molecule has 6 heteroatoms. The Kier molecular flexibility index (Phi) is 5.02. The molecule has 0 aliphatic heterocycles. The Morgan fingerprint density at radius 2 is 2.00 bits per heavy atom. The molecule has 1 unspecified atom stereocenters. The molecule has 0 amide bonds. The first-order chi connectivity index (χ1) is 5.31. The van der Waals surface area contributed by atoms with Crippen molar-refractivity contribution in [3.05, 3.63) is 12.2 Å². The van der Waals surface area contributed by atoms with E-state index in [4.69, 9.17) is 11.6 Å². The first kappa shape index (κ1) is 12.7. The summed E-state index contributed by atoms with van der Waals surface area (Å²) in [7, 11) is 0. The van der Waals surface area contributed by atoms with Crippen molar-refractivity contribution in [3.8, 4) is 0 Å². The predicted molar refractivity (Wildman–Crippen MR) is 51.1 cm³/mol. The first-order valence-corrected chi connectivity index (χ1v) is 5.49. The number of rotatable bonds is 4. The van der Waals surface area contributed by atoms with Crippen LogP contribution in [-0.4, -0.2) is 22.0 Å². The minimum atomic E-state index is -3.74. The van der Waals surface area contributed by atoms with Crippen LogP contribution in [-0.2, 0) is 0 Å². The molecule has 0 rings (SSSR count). The smallest absolute Gasteiger partial charge is 0.214 e. The Morgan fingerprint density at radius 1 is 1.50 bits per heavy atom. The molecule has 0 aromatic carbocycles. The molecule has 0 bridgehead atoms. The Balaban J connectivity index is 4.22. The third-order valence-corrected chi connectivity index (χ3v) is 2.66.